The van der Waals surface area contributed by atoms with Crippen molar-refractivity contribution < 1.29 is 14.0 Å². The van der Waals surface area contributed by atoms with Gasteiger partial charge in [0, 0.05) is 30.7 Å². The number of benzene rings is 1. The molecule has 2 rings (SSSR count). The van der Waals surface area contributed by atoms with E-state index in [0.717, 1.165) is 18.2 Å². The Morgan fingerprint density at radius 3 is 2.71 bits per heavy atom. The fourth-order valence-electron chi connectivity index (χ4n) is 2.93. The van der Waals surface area contributed by atoms with Crippen molar-refractivity contribution in [1.29, 1.82) is 0 Å². The third-order valence-electron chi connectivity index (χ3n) is 4.45. The number of rotatable bonds is 9. The minimum atomic E-state index is -0.629. The van der Waals surface area contributed by atoms with Crippen LogP contribution in [0, 0.1) is 5.82 Å². The van der Waals surface area contributed by atoms with Crippen LogP contribution in [0.1, 0.15) is 37.6 Å². The van der Waals surface area contributed by atoms with Gasteiger partial charge in [0.1, 0.15) is 0 Å². The van der Waals surface area contributed by atoms with Gasteiger partial charge < -0.3 is 16.0 Å². The molecule has 2 aromatic rings. The van der Waals surface area contributed by atoms with Crippen LogP contribution in [0.5, 0.6) is 0 Å². The second-order valence-electron chi connectivity index (χ2n) is 7.37. The summed E-state index contributed by atoms with van der Waals surface area (Å²) >= 11 is 0. The predicted octanol–water partition coefficient (Wildman–Crippen LogP) is 3.63. The number of pyridine rings is 1. The molecule has 2 amide bonds. The molecule has 0 aliphatic rings. The number of carbonyl (C=O) groups is 2. The number of hydrogen-bond acceptors (Lipinski definition) is 5. The van der Waals surface area contributed by atoms with Crippen LogP contribution in [-0.2, 0) is 4.79 Å². The van der Waals surface area contributed by atoms with Gasteiger partial charge in [-0.1, -0.05) is 19.1 Å². The summed E-state index contributed by atoms with van der Waals surface area (Å²) in [6, 6.07) is 8.08. The number of hydrogen-bond donors (Lipinski definition) is 3. The van der Waals surface area contributed by atoms with Gasteiger partial charge >= 0.3 is 0 Å². The second-order valence-corrected chi connectivity index (χ2v) is 7.37. The zero-order valence-electron chi connectivity index (χ0n) is 18.2. The summed E-state index contributed by atoms with van der Waals surface area (Å²) in [7, 11) is 1.67. The van der Waals surface area contributed by atoms with E-state index >= 15 is 0 Å². The molecule has 0 radical (unpaired) electrons. The number of carbonyl (C=O) groups excluding carboxylic acids is 2. The third kappa shape index (κ3) is 7.02. The van der Waals surface area contributed by atoms with Crippen molar-refractivity contribution in [2.75, 3.05) is 18.9 Å². The van der Waals surface area contributed by atoms with Crippen LogP contribution in [0.15, 0.2) is 59.4 Å². The number of amides is 2. The van der Waals surface area contributed by atoms with Gasteiger partial charge in [-0.15, -0.1) is 0 Å². The monoisotopic (exact) mass is 425 g/mol. The molecule has 0 aliphatic heterocycles. The Bertz CT molecular complexity index is 985. The van der Waals surface area contributed by atoms with Gasteiger partial charge in [-0.05, 0) is 50.1 Å². The number of aromatic nitrogens is 1. The highest BCUT2D eigenvalue weighted by Crippen LogP contribution is 2.20. The number of anilines is 2. The standard InChI is InChI=1S/C23H28FN5O2/c1-5-7-17(13-25-4)23(2,3)29-21(30)15-27-22(31)16-8-6-9-18(12-16)28-20-10-11-26-14-19(20)24/h6-14H,5,15H2,1-4H3,(H,26,28)(H,27,31)(H,29,30)/b17-7+,25-13?. The van der Waals surface area contributed by atoms with Crippen LogP contribution in [0.2, 0.25) is 0 Å². The molecule has 0 saturated heterocycles. The molecule has 0 spiro atoms. The first-order chi connectivity index (χ1) is 14.8. The van der Waals surface area contributed by atoms with Crippen molar-refractivity contribution in [1.82, 2.24) is 15.6 Å². The highest BCUT2D eigenvalue weighted by atomic mass is 19.1. The van der Waals surface area contributed by atoms with Gasteiger partial charge in [0.05, 0.1) is 24.0 Å². The lowest BCUT2D eigenvalue weighted by Crippen LogP contribution is -2.49. The molecular formula is C23H28FN5O2. The molecule has 3 N–H and O–H groups in total. The molecule has 0 saturated carbocycles. The van der Waals surface area contributed by atoms with Crippen LogP contribution in [0.4, 0.5) is 15.8 Å². The zero-order valence-corrected chi connectivity index (χ0v) is 18.2. The van der Waals surface area contributed by atoms with E-state index in [1.165, 1.54) is 12.3 Å². The molecule has 0 atom stereocenters. The van der Waals surface area contributed by atoms with Gasteiger partial charge in [0.15, 0.2) is 5.82 Å². The summed E-state index contributed by atoms with van der Waals surface area (Å²) in [5.74, 6) is -1.23. The van der Waals surface area contributed by atoms with E-state index in [1.54, 1.807) is 37.5 Å². The molecule has 1 heterocycles. The van der Waals surface area contributed by atoms with E-state index in [1.807, 2.05) is 26.8 Å². The van der Waals surface area contributed by atoms with Gasteiger partial charge in [-0.25, -0.2) is 4.39 Å². The largest absolute Gasteiger partial charge is 0.353 e. The summed E-state index contributed by atoms with van der Waals surface area (Å²) in [5, 5.41) is 8.43. The van der Waals surface area contributed by atoms with Crippen molar-refractivity contribution in [3.63, 3.8) is 0 Å². The summed E-state index contributed by atoms with van der Waals surface area (Å²) in [6.45, 7) is 5.59. The first-order valence-electron chi connectivity index (χ1n) is 9.95. The van der Waals surface area contributed by atoms with E-state index in [9.17, 15) is 14.0 Å². The minimum absolute atomic E-state index is 0.179. The van der Waals surface area contributed by atoms with Crippen molar-refractivity contribution in [3.8, 4) is 0 Å². The maximum atomic E-state index is 13.8. The van der Waals surface area contributed by atoms with Crippen molar-refractivity contribution in [2.45, 2.75) is 32.7 Å². The number of allylic oxidation sites excluding steroid dienone is 1. The van der Waals surface area contributed by atoms with Crippen molar-refractivity contribution in [3.05, 3.63) is 65.8 Å². The highest BCUT2D eigenvalue weighted by molar-refractivity contribution is 5.97. The first-order valence-corrected chi connectivity index (χ1v) is 9.95. The van der Waals surface area contributed by atoms with Gasteiger partial charge in [-0.3, -0.25) is 19.6 Å². The van der Waals surface area contributed by atoms with Crippen LogP contribution in [-0.4, -0.2) is 42.1 Å². The SMILES string of the molecule is CC/C=C(\C=NC)C(C)(C)NC(=O)CNC(=O)c1cccc(Nc2ccncc2F)c1. The van der Waals surface area contributed by atoms with Crippen LogP contribution in [0.25, 0.3) is 0 Å². The fraction of sp³-hybridized carbons (Fsp3) is 0.304. The molecule has 0 unspecified atom stereocenters. The van der Waals surface area contributed by atoms with Gasteiger partial charge in [0.2, 0.25) is 5.91 Å². The number of aliphatic imine (C=N–C) groups is 1. The predicted molar refractivity (Wildman–Crippen MR) is 121 cm³/mol. The van der Waals surface area contributed by atoms with Crippen LogP contribution in [0.3, 0.4) is 0 Å². The Morgan fingerprint density at radius 2 is 2.03 bits per heavy atom. The van der Waals surface area contributed by atoms with Crippen LogP contribution >= 0.6 is 0 Å². The number of halogens is 1. The van der Waals surface area contributed by atoms with E-state index in [-0.39, 0.29) is 18.1 Å². The second kappa shape index (κ2) is 11.0. The number of nitrogens with zero attached hydrogens (tertiary/aromatic N) is 2. The highest BCUT2D eigenvalue weighted by Gasteiger charge is 2.24. The molecule has 1 aromatic carbocycles. The molecule has 7 nitrogen and oxygen atoms in total. The molecular weight excluding hydrogens is 397 g/mol. The Kier molecular flexibility index (Phi) is 8.43. The zero-order chi connectivity index (χ0) is 22.9. The average Bonchev–Trinajstić information content (AvgIpc) is 2.73. The maximum Gasteiger partial charge on any atom is 0.251 e. The lowest BCUT2D eigenvalue weighted by molar-refractivity contribution is -0.121. The summed E-state index contributed by atoms with van der Waals surface area (Å²) < 4.78 is 13.8. The average molecular weight is 426 g/mol. The molecule has 0 aliphatic carbocycles. The summed E-state index contributed by atoms with van der Waals surface area (Å²) in [4.78, 5) is 32.6. The molecule has 0 bridgehead atoms. The Labute approximate surface area is 181 Å². The Balaban J connectivity index is 1.98. The third-order valence-corrected chi connectivity index (χ3v) is 4.45. The molecule has 164 valence electrons. The Morgan fingerprint density at radius 1 is 1.26 bits per heavy atom. The maximum absolute atomic E-state index is 13.8. The summed E-state index contributed by atoms with van der Waals surface area (Å²) in [6.07, 6.45) is 7.09. The van der Waals surface area contributed by atoms with E-state index in [0.29, 0.717) is 11.3 Å². The van der Waals surface area contributed by atoms with Gasteiger partial charge in [0.25, 0.3) is 5.91 Å². The molecule has 0 fully saturated rings. The van der Waals surface area contributed by atoms with Crippen molar-refractivity contribution in [2.24, 2.45) is 4.99 Å². The lowest BCUT2D eigenvalue weighted by atomic mass is 9.93. The lowest BCUT2D eigenvalue weighted by Gasteiger charge is -2.27. The minimum Gasteiger partial charge on any atom is -0.353 e. The van der Waals surface area contributed by atoms with Crippen LogP contribution < -0.4 is 16.0 Å². The summed E-state index contributed by atoms with van der Waals surface area (Å²) in [5.41, 5.74) is 1.39. The van der Waals surface area contributed by atoms with Gasteiger partial charge in [-0.2, -0.15) is 0 Å². The molecule has 1 aromatic heterocycles. The molecule has 8 heteroatoms. The number of nitrogens with one attached hydrogen (secondary N) is 3. The Hall–Kier alpha value is -3.55. The normalized spacial score (nSPS) is 12.0. The van der Waals surface area contributed by atoms with E-state index < -0.39 is 17.3 Å². The van der Waals surface area contributed by atoms with E-state index in [4.69, 9.17) is 0 Å². The topological polar surface area (TPSA) is 95.5 Å². The molecule has 31 heavy (non-hydrogen) atoms. The first kappa shape index (κ1) is 23.7. The van der Waals surface area contributed by atoms with E-state index in [2.05, 4.69) is 25.9 Å². The van der Waals surface area contributed by atoms with Crippen molar-refractivity contribution >= 4 is 29.4 Å². The quantitative estimate of drug-likeness (QED) is 0.535. The smallest absolute Gasteiger partial charge is 0.251 e. The fourth-order valence-corrected chi connectivity index (χ4v) is 2.93.